The van der Waals surface area contributed by atoms with Gasteiger partial charge >= 0.3 is 0 Å². The van der Waals surface area contributed by atoms with Gasteiger partial charge in [-0.3, -0.25) is 0 Å². The molecule has 31 heavy (non-hydrogen) atoms. The Hall–Kier alpha value is -2.88. The SMILES string of the molecule is C=CC1CCC(c2ccc(-c3ccc(-c4cc(F)c(CF)c(F)c4)c(F)c3)cc2)CC1. The second-order valence-electron chi connectivity index (χ2n) is 8.22. The van der Waals surface area contributed by atoms with Crippen LogP contribution >= 0.6 is 0 Å². The van der Waals surface area contributed by atoms with Gasteiger partial charge in [0.05, 0.1) is 5.56 Å². The largest absolute Gasteiger partial charge is 0.246 e. The summed E-state index contributed by atoms with van der Waals surface area (Å²) in [7, 11) is 0. The molecular formula is C27H24F4. The van der Waals surface area contributed by atoms with Crippen molar-refractivity contribution in [2.24, 2.45) is 5.92 Å². The van der Waals surface area contributed by atoms with E-state index in [1.54, 1.807) is 6.07 Å². The van der Waals surface area contributed by atoms with Crippen LogP contribution in [0.25, 0.3) is 22.3 Å². The molecule has 0 amide bonds. The minimum Gasteiger partial charge on any atom is -0.246 e. The van der Waals surface area contributed by atoms with Gasteiger partial charge in [0, 0.05) is 5.56 Å². The molecule has 1 saturated carbocycles. The third-order valence-electron chi connectivity index (χ3n) is 6.38. The highest BCUT2D eigenvalue weighted by molar-refractivity contribution is 5.71. The third kappa shape index (κ3) is 4.43. The van der Waals surface area contributed by atoms with Gasteiger partial charge < -0.3 is 0 Å². The standard InChI is InChI=1S/C27H24F4/c1-2-17-3-5-18(6-4-17)19-7-9-20(10-8-19)21-11-12-23(25(29)13-21)22-14-26(30)24(16-28)27(31)15-22/h2,7-15,17-18H,1,3-6,16H2. The quantitative estimate of drug-likeness (QED) is 0.285. The predicted octanol–water partition coefficient (Wildman–Crippen LogP) is 8.37. The van der Waals surface area contributed by atoms with Crippen LogP contribution in [0.4, 0.5) is 17.6 Å². The maximum absolute atomic E-state index is 14.8. The van der Waals surface area contributed by atoms with Gasteiger partial charge in [-0.15, -0.1) is 6.58 Å². The highest BCUT2D eigenvalue weighted by Crippen LogP contribution is 2.37. The first-order valence-electron chi connectivity index (χ1n) is 10.6. The molecule has 160 valence electrons. The zero-order chi connectivity index (χ0) is 22.0. The molecule has 0 N–H and O–H groups in total. The van der Waals surface area contributed by atoms with Crippen molar-refractivity contribution in [2.75, 3.05) is 0 Å². The van der Waals surface area contributed by atoms with E-state index < -0.39 is 29.7 Å². The van der Waals surface area contributed by atoms with E-state index in [1.165, 1.54) is 17.7 Å². The highest BCUT2D eigenvalue weighted by Gasteiger charge is 2.20. The Bertz CT molecular complexity index is 1050. The summed E-state index contributed by atoms with van der Waals surface area (Å²) in [6.45, 7) is 2.65. The van der Waals surface area contributed by atoms with Crippen LogP contribution in [0.2, 0.25) is 0 Å². The Balaban J connectivity index is 1.55. The molecule has 0 radical (unpaired) electrons. The van der Waals surface area contributed by atoms with Crippen LogP contribution in [-0.2, 0) is 6.67 Å². The topological polar surface area (TPSA) is 0 Å². The lowest BCUT2D eigenvalue weighted by Crippen LogP contribution is -2.11. The zero-order valence-electron chi connectivity index (χ0n) is 17.2. The second-order valence-corrected chi connectivity index (χ2v) is 8.22. The van der Waals surface area contributed by atoms with Gasteiger partial charge in [-0.25, -0.2) is 17.6 Å². The minimum atomic E-state index is -1.24. The molecule has 3 aromatic carbocycles. The molecule has 1 fully saturated rings. The fourth-order valence-electron chi connectivity index (χ4n) is 4.45. The van der Waals surface area contributed by atoms with E-state index in [4.69, 9.17) is 0 Å². The van der Waals surface area contributed by atoms with Gasteiger partial charge in [0.15, 0.2) is 0 Å². The van der Waals surface area contributed by atoms with Crippen molar-refractivity contribution < 1.29 is 17.6 Å². The normalized spacial score (nSPS) is 18.7. The first-order valence-corrected chi connectivity index (χ1v) is 10.6. The number of halogens is 4. The number of hydrogen-bond acceptors (Lipinski definition) is 0. The molecule has 0 nitrogen and oxygen atoms in total. The summed E-state index contributed by atoms with van der Waals surface area (Å²) in [6.07, 6.45) is 6.67. The molecule has 0 heterocycles. The minimum absolute atomic E-state index is 0.0433. The summed E-state index contributed by atoms with van der Waals surface area (Å²) in [4.78, 5) is 0. The molecule has 0 bridgehead atoms. The van der Waals surface area contributed by atoms with Crippen molar-refractivity contribution in [1.82, 2.24) is 0 Å². The van der Waals surface area contributed by atoms with E-state index in [0.29, 0.717) is 17.4 Å². The summed E-state index contributed by atoms with van der Waals surface area (Å²) in [5.41, 5.74) is 2.33. The van der Waals surface area contributed by atoms with E-state index in [1.807, 2.05) is 12.1 Å². The van der Waals surface area contributed by atoms with E-state index in [2.05, 4.69) is 24.8 Å². The Morgan fingerprint density at radius 2 is 1.32 bits per heavy atom. The lowest BCUT2D eigenvalue weighted by atomic mass is 9.78. The number of rotatable bonds is 5. The van der Waals surface area contributed by atoms with E-state index in [9.17, 15) is 17.6 Å². The lowest BCUT2D eigenvalue weighted by molar-refractivity contribution is 0.376. The fourth-order valence-corrected chi connectivity index (χ4v) is 4.45. The Morgan fingerprint density at radius 3 is 1.87 bits per heavy atom. The van der Waals surface area contributed by atoms with E-state index in [-0.39, 0.29) is 11.1 Å². The number of benzene rings is 3. The van der Waals surface area contributed by atoms with Crippen LogP contribution in [0.1, 0.15) is 42.7 Å². The smallest absolute Gasteiger partial charge is 0.132 e. The number of allylic oxidation sites excluding steroid dienone is 1. The summed E-state index contributed by atoms with van der Waals surface area (Å²) in [6, 6.07) is 14.7. The summed E-state index contributed by atoms with van der Waals surface area (Å²) in [5.74, 6) is -1.46. The van der Waals surface area contributed by atoms with Crippen molar-refractivity contribution in [3.05, 3.63) is 95.8 Å². The van der Waals surface area contributed by atoms with Crippen molar-refractivity contribution in [3.8, 4) is 22.3 Å². The molecule has 0 spiro atoms. The van der Waals surface area contributed by atoms with Crippen LogP contribution in [0.3, 0.4) is 0 Å². The summed E-state index contributed by atoms with van der Waals surface area (Å²) in [5, 5.41) is 0. The van der Waals surface area contributed by atoms with Crippen molar-refractivity contribution in [3.63, 3.8) is 0 Å². The average Bonchev–Trinajstić information content (AvgIpc) is 2.79. The summed E-state index contributed by atoms with van der Waals surface area (Å²) < 4.78 is 55.3. The molecule has 1 aliphatic carbocycles. The molecule has 4 rings (SSSR count). The van der Waals surface area contributed by atoms with Crippen LogP contribution < -0.4 is 0 Å². The Kier molecular flexibility index (Phi) is 6.26. The Labute approximate surface area is 180 Å². The molecule has 0 aromatic heterocycles. The third-order valence-corrected chi connectivity index (χ3v) is 6.38. The summed E-state index contributed by atoms with van der Waals surface area (Å²) >= 11 is 0. The van der Waals surface area contributed by atoms with Crippen LogP contribution in [0.15, 0.2) is 67.3 Å². The maximum atomic E-state index is 14.8. The molecule has 1 aliphatic rings. The van der Waals surface area contributed by atoms with Gasteiger partial charge in [-0.05, 0) is 78.0 Å². The van der Waals surface area contributed by atoms with E-state index >= 15 is 0 Å². The predicted molar refractivity (Wildman–Crippen MR) is 117 cm³/mol. The second kappa shape index (κ2) is 9.09. The van der Waals surface area contributed by atoms with Crippen molar-refractivity contribution in [1.29, 1.82) is 0 Å². The molecule has 4 heteroatoms. The first kappa shape index (κ1) is 21.4. The first-order chi connectivity index (χ1) is 15.0. The Morgan fingerprint density at radius 1 is 0.742 bits per heavy atom. The number of alkyl halides is 1. The van der Waals surface area contributed by atoms with Gasteiger partial charge in [-0.2, -0.15) is 0 Å². The number of hydrogen-bond donors (Lipinski definition) is 0. The van der Waals surface area contributed by atoms with Gasteiger partial charge in [-0.1, -0.05) is 42.5 Å². The highest BCUT2D eigenvalue weighted by atomic mass is 19.1. The van der Waals surface area contributed by atoms with Gasteiger partial charge in [0.1, 0.15) is 24.1 Å². The van der Waals surface area contributed by atoms with Crippen molar-refractivity contribution in [2.45, 2.75) is 38.3 Å². The van der Waals surface area contributed by atoms with Crippen LogP contribution in [0, 0.1) is 23.4 Å². The molecular weight excluding hydrogens is 400 g/mol. The molecule has 0 saturated heterocycles. The monoisotopic (exact) mass is 424 g/mol. The van der Waals surface area contributed by atoms with Crippen LogP contribution in [-0.4, -0.2) is 0 Å². The van der Waals surface area contributed by atoms with Gasteiger partial charge in [0.25, 0.3) is 0 Å². The van der Waals surface area contributed by atoms with Crippen molar-refractivity contribution >= 4 is 0 Å². The van der Waals surface area contributed by atoms with Gasteiger partial charge in [0.2, 0.25) is 0 Å². The van der Waals surface area contributed by atoms with Crippen LogP contribution in [0.5, 0.6) is 0 Å². The fraction of sp³-hybridized carbons (Fsp3) is 0.259. The molecule has 3 aromatic rings. The molecule has 0 atom stereocenters. The average molecular weight is 424 g/mol. The lowest BCUT2D eigenvalue weighted by Gasteiger charge is -2.27. The molecule has 0 aliphatic heterocycles. The zero-order valence-corrected chi connectivity index (χ0v) is 17.2. The maximum Gasteiger partial charge on any atom is 0.132 e. The van der Waals surface area contributed by atoms with E-state index in [0.717, 1.165) is 43.4 Å². The molecule has 0 unspecified atom stereocenters.